The summed E-state index contributed by atoms with van der Waals surface area (Å²) in [6.45, 7) is 1.47. The molecule has 1 heterocycles. The summed E-state index contributed by atoms with van der Waals surface area (Å²) < 4.78 is 0. The van der Waals surface area contributed by atoms with Gasteiger partial charge in [-0.1, -0.05) is 24.6 Å². The Hall–Kier alpha value is -1.55. The fourth-order valence-corrected chi connectivity index (χ4v) is 2.42. The van der Waals surface area contributed by atoms with Crippen molar-refractivity contribution in [1.29, 1.82) is 0 Å². The van der Waals surface area contributed by atoms with Gasteiger partial charge >= 0.3 is 0 Å². The highest BCUT2D eigenvalue weighted by Gasteiger charge is 2.13. The highest BCUT2D eigenvalue weighted by atomic mass is 16.3. The fraction of sp³-hybridized carbons (Fsp3) is 0.533. The molecule has 1 aromatic rings. The van der Waals surface area contributed by atoms with Gasteiger partial charge in [-0.05, 0) is 31.9 Å². The second kappa shape index (κ2) is 7.14. The number of phenolic OH excluding ortho intramolecular Hbond substituents is 1. The fourth-order valence-electron chi connectivity index (χ4n) is 2.42. The number of benzene rings is 1. The quantitative estimate of drug-likeness (QED) is 0.760. The molecule has 0 saturated carbocycles. The molecule has 1 aliphatic heterocycles. The lowest BCUT2D eigenvalue weighted by atomic mass is 10.0. The van der Waals surface area contributed by atoms with E-state index in [1.165, 1.54) is 19.3 Å². The van der Waals surface area contributed by atoms with Crippen LogP contribution in [-0.4, -0.2) is 23.6 Å². The number of carbonyl (C=O) groups excluding carboxylic acids is 1. The molecule has 1 amide bonds. The zero-order chi connectivity index (χ0) is 13.5. The van der Waals surface area contributed by atoms with Crippen molar-refractivity contribution >= 4 is 5.91 Å². The van der Waals surface area contributed by atoms with Gasteiger partial charge < -0.3 is 15.7 Å². The smallest absolute Gasteiger partial charge is 0.220 e. The van der Waals surface area contributed by atoms with E-state index < -0.39 is 0 Å². The van der Waals surface area contributed by atoms with Crippen molar-refractivity contribution in [2.45, 2.75) is 44.7 Å². The average Bonchev–Trinajstić information content (AvgIpc) is 2.45. The lowest BCUT2D eigenvalue weighted by molar-refractivity contribution is -0.121. The molecule has 0 radical (unpaired) electrons. The van der Waals surface area contributed by atoms with Gasteiger partial charge in [-0.15, -0.1) is 0 Å². The SMILES string of the molecule is O=C(CCC1CCCCN1)NCc1ccccc1O. The van der Waals surface area contributed by atoms with Crippen LogP contribution in [0, 0.1) is 0 Å². The number of aromatic hydroxyl groups is 1. The summed E-state index contributed by atoms with van der Waals surface area (Å²) in [6, 6.07) is 7.57. The molecule has 2 rings (SSSR count). The first-order valence-electron chi connectivity index (χ1n) is 7.02. The number of piperidine rings is 1. The van der Waals surface area contributed by atoms with Gasteiger partial charge in [-0.2, -0.15) is 0 Å². The summed E-state index contributed by atoms with van der Waals surface area (Å²) >= 11 is 0. The van der Waals surface area contributed by atoms with Crippen LogP contribution in [0.25, 0.3) is 0 Å². The van der Waals surface area contributed by atoms with Crippen molar-refractivity contribution < 1.29 is 9.90 Å². The van der Waals surface area contributed by atoms with Crippen LogP contribution in [0.4, 0.5) is 0 Å². The molecular weight excluding hydrogens is 240 g/mol. The maximum atomic E-state index is 11.7. The topological polar surface area (TPSA) is 61.4 Å². The van der Waals surface area contributed by atoms with Crippen molar-refractivity contribution in [3.63, 3.8) is 0 Å². The van der Waals surface area contributed by atoms with E-state index in [4.69, 9.17) is 0 Å². The zero-order valence-electron chi connectivity index (χ0n) is 11.2. The lowest BCUT2D eigenvalue weighted by Crippen LogP contribution is -2.35. The first-order chi connectivity index (χ1) is 9.25. The van der Waals surface area contributed by atoms with Gasteiger partial charge in [-0.25, -0.2) is 0 Å². The Morgan fingerprint density at radius 2 is 2.21 bits per heavy atom. The van der Waals surface area contributed by atoms with E-state index in [2.05, 4.69) is 10.6 Å². The summed E-state index contributed by atoms with van der Waals surface area (Å²) in [5, 5.41) is 15.9. The minimum absolute atomic E-state index is 0.0515. The van der Waals surface area contributed by atoms with E-state index in [1.54, 1.807) is 12.1 Å². The van der Waals surface area contributed by atoms with Crippen LogP contribution in [0.2, 0.25) is 0 Å². The van der Waals surface area contributed by atoms with E-state index in [0.717, 1.165) is 18.5 Å². The maximum Gasteiger partial charge on any atom is 0.220 e. The Bertz CT molecular complexity index is 414. The molecule has 19 heavy (non-hydrogen) atoms. The van der Waals surface area contributed by atoms with E-state index in [9.17, 15) is 9.90 Å². The van der Waals surface area contributed by atoms with Gasteiger partial charge in [0.2, 0.25) is 5.91 Å². The van der Waals surface area contributed by atoms with Crippen molar-refractivity contribution in [3.05, 3.63) is 29.8 Å². The average molecular weight is 262 g/mol. The van der Waals surface area contributed by atoms with E-state index in [-0.39, 0.29) is 11.7 Å². The van der Waals surface area contributed by atoms with Crippen LogP contribution in [0.3, 0.4) is 0 Å². The molecule has 1 saturated heterocycles. The predicted molar refractivity (Wildman–Crippen MR) is 74.8 cm³/mol. The minimum Gasteiger partial charge on any atom is -0.508 e. The Morgan fingerprint density at radius 3 is 2.95 bits per heavy atom. The first kappa shape index (κ1) is 13.9. The number of carbonyl (C=O) groups is 1. The standard InChI is InChI=1S/C15H22N2O2/c18-14-7-2-1-5-12(14)11-17-15(19)9-8-13-6-3-4-10-16-13/h1-2,5,7,13,16,18H,3-4,6,8-11H2,(H,17,19). The Kier molecular flexibility index (Phi) is 5.21. The van der Waals surface area contributed by atoms with Crippen LogP contribution in [0.15, 0.2) is 24.3 Å². The molecule has 4 nitrogen and oxygen atoms in total. The van der Waals surface area contributed by atoms with E-state index in [1.807, 2.05) is 12.1 Å². The number of hydrogen-bond acceptors (Lipinski definition) is 3. The van der Waals surface area contributed by atoms with E-state index >= 15 is 0 Å². The van der Waals surface area contributed by atoms with E-state index in [0.29, 0.717) is 19.0 Å². The largest absolute Gasteiger partial charge is 0.508 e. The minimum atomic E-state index is 0.0515. The van der Waals surface area contributed by atoms with Crippen LogP contribution in [0.1, 0.15) is 37.7 Å². The molecule has 1 aliphatic rings. The number of hydrogen-bond donors (Lipinski definition) is 3. The summed E-state index contributed by atoms with van der Waals surface area (Å²) in [5.74, 6) is 0.285. The van der Waals surface area contributed by atoms with Crippen molar-refractivity contribution in [3.8, 4) is 5.75 Å². The molecule has 1 atom stereocenters. The monoisotopic (exact) mass is 262 g/mol. The van der Waals surface area contributed by atoms with Crippen LogP contribution in [0.5, 0.6) is 5.75 Å². The summed E-state index contributed by atoms with van der Waals surface area (Å²) in [6.07, 6.45) is 5.12. The maximum absolute atomic E-state index is 11.7. The Labute approximate surface area is 114 Å². The molecule has 104 valence electrons. The molecule has 4 heteroatoms. The number of nitrogens with one attached hydrogen (secondary N) is 2. The van der Waals surface area contributed by atoms with Crippen molar-refractivity contribution in [1.82, 2.24) is 10.6 Å². The summed E-state index contributed by atoms with van der Waals surface area (Å²) in [4.78, 5) is 11.7. The van der Waals surface area contributed by atoms with Gasteiger partial charge in [0, 0.05) is 24.6 Å². The summed E-state index contributed by atoms with van der Waals surface area (Å²) in [7, 11) is 0. The molecular formula is C15H22N2O2. The highest BCUT2D eigenvalue weighted by Crippen LogP contribution is 2.15. The lowest BCUT2D eigenvalue weighted by Gasteiger charge is -2.23. The third kappa shape index (κ3) is 4.56. The number of rotatable bonds is 5. The molecule has 1 fully saturated rings. The molecule has 0 aromatic heterocycles. The molecule has 1 unspecified atom stereocenters. The predicted octanol–water partition coefficient (Wildman–Crippen LogP) is 1.93. The second-order valence-corrected chi connectivity index (χ2v) is 5.09. The number of para-hydroxylation sites is 1. The van der Waals surface area contributed by atoms with Crippen molar-refractivity contribution in [2.75, 3.05) is 6.54 Å². The first-order valence-corrected chi connectivity index (χ1v) is 7.02. The molecule has 0 bridgehead atoms. The second-order valence-electron chi connectivity index (χ2n) is 5.09. The zero-order valence-corrected chi connectivity index (χ0v) is 11.2. The normalized spacial score (nSPS) is 19.1. The van der Waals surface area contributed by atoms with Crippen LogP contribution >= 0.6 is 0 Å². The van der Waals surface area contributed by atoms with Gasteiger partial charge in [-0.3, -0.25) is 4.79 Å². The van der Waals surface area contributed by atoms with Crippen LogP contribution < -0.4 is 10.6 Å². The number of amides is 1. The van der Waals surface area contributed by atoms with Gasteiger partial charge in [0.05, 0.1) is 0 Å². The van der Waals surface area contributed by atoms with Crippen molar-refractivity contribution in [2.24, 2.45) is 0 Å². The van der Waals surface area contributed by atoms with Gasteiger partial charge in [0.15, 0.2) is 0 Å². The Morgan fingerprint density at radius 1 is 1.37 bits per heavy atom. The third-order valence-electron chi connectivity index (χ3n) is 3.60. The molecule has 0 aliphatic carbocycles. The Balaban J connectivity index is 1.68. The van der Waals surface area contributed by atoms with Gasteiger partial charge in [0.1, 0.15) is 5.75 Å². The third-order valence-corrected chi connectivity index (χ3v) is 3.60. The summed E-state index contributed by atoms with van der Waals surface area (Å²) in [5.41, 5.74) is 0.756. The van der Waals surface area contributed by atoms with Crippen LogP contribution in [-0.2, 0) is 11.3 Å². The molecule has 0 spiro atoms. The van der Waals surface area contributed by atoms with Gasteiger partial charge in [0.25, 0.3) is 0 Å². The highest BCUT2D eigenvalue weighted by molar-refractivity contribution is 5.75. The molecule has 3 N–H and O–H groups in total. The number of phenols is 1. The molecule has 1 aromatic carbocycles.